The monoisotopic (exact) mass is 203 g/mol. The summed E-state index contributed by atoms with van der Waals surface area (Å²) in [5.74, 6) is -1.18. The summed E-state index contributed by atoms with van der Waals surface area (Å²) < 4.78 is 15.4. The van der Waals surface area contributed by atoms with Crippen molar-refractivity contribution < 1.29 is 19.0 Å². The number of nitrogens with two attached hydrogens (primary N) is 1. The van der Waals surface area contributed by atoms with Crippen molar-refractivity contribution in [3.8, 4) is 0 Å². The smallest absolute Gasteiger partial charge is 0.322 e. The maximum atomic E-state index is 11.1. The third-order valence-electron chi connectivity index (χ3n) is 2.20. The average molecular weight is 203 g/mol. The Morgan fingerprint density at radius 1 is 1.57 bits per heavy atom. The zero-order chi connectivity index (χ0) is 10.6. The molecular formula is C9H17NO4. The van der Waals surface area contributed by atoms with E-state index in [4.69, 9.17) is 15.2 Å². The lowest BCUT2D eigenvalue weighted by molar-refractivity contribution is -0.260. The van der Waals surface area contributed by atoms with E-state index in [1.165, 1.54) is 7.11 Å². The predicted octanol–water partition coefficient (Wildman–Crippen LogP) is 0.0299. The number of rotatable bonds is 3. The van der Waals surface area contributed by atoms with E-state index in [9.17, 15) is 4.79 Å². The van der Waals surface area contributed by atoms with Crippen LogP contribution in [0.15, 0.2) is 0 Å². The summed E-state index contributed by atoms with van der Waals surface area (Å²) in [6.07, 6.45) is 1.20. The van der Waals surface area contributed by atoms with Gasteiger partial charge in [-0.1, -0.05) is 0 Å². The zero-order valence-electron chi connectivity index (χ0n) is 8.62. The summed E-state index contributed by atoms with van der Waals surface area (Å²) in [5, 5.41) is 0. The highest BCUT2D eigenvalue weighted by molar-refractivity contribution is 5.75. The molecule has 0 aromatic carbocycles. The second-order valence-electron chi connectivity index (χ2n) is 3.52. The van der Waals surface area contributed by atoms with Crippen molar-refractivity contribution in [2.45, 2.75) is 31.6 Å². The van der Waals surface area contributed by atoms with Crippen LogP contribution in [0, 0.1) is 0 Å². The van der Waals surface area contributed by atoms with Crippen molar-refractivity contribution in [1.82, 2.24) is 0 Å². The topological polar surface area (TPSA) is 70.8 Å². The number of carbonyl (C=O) groups is 1. The van der Waals surface area contributed by atoms with Gasteiger partial charge in [-0.05, 0) is 13.3 Å². The molecule has 2 N–H and O–H groups in total. The van der Waals surface area contributed by atoms with Gasteiger partial charge >= 0.3 is 5.97 Å². The third kappa shape index (κ3) is 2.94. The van der Waals surface area contributed by atoms with Crippen LogP contribution >= 0.6 is 0 Å². The molecule has 1 aliphatic rings. The van der Waals surface area contributed by atoms with Crippen molar-refractivity contribution in [1.29, 1.82) is 0 Å². The van der Waals surface area contributed by atoms with Gasteiger partial charge in [-0.25, -0.2) is 0 Å². The number of esters is 1. The largest absolute Gasteiger partial charge is 0.468 e. The first-order valence-electron chi connectivity index (χ1n) is 4.69. The Balaban J connectivity index is 2.44. The Kier molecular flexibility index (Phi) is 3.86. The fourth-order valence-corrected chi connectivity index (χ4v) is 1.43. The second-order valence-corrected chi connectivity index (χ2v) is 3.52. The van der Waals surface area contributed by atoms with E-state index in [2.05, 4.69) is 4.74 Å². The van der Waals surface area contributed by atoms with Crippen LogP contribution in [0.25, 0.3) is 0 Å². The van der Waals surface area contributed by atoms with Crippen molar-refractivity contribution in [3.05, 3.63) is 0 Å². The second kappa shape index (κ2) is 4.72. The lowest BCUT2D eigenvalue weighted by atomic mass is 10.1. The maximum absolute atomic E-state index is 11.1. The first kappa shape index (κ1) is 11.4. The molecule has 1 rings (SSSR count). The zero-order valence-corrected chi connectivity index (χ0v) is 8.62. The SMILES string of the molecule is COC(=O)[C@@H](N)CC1(C)OCCCO1. The van der Waals surface area contributed by atoms with Crippen LogP contribution in [0.2, 0.25) is 0 Å². The van der Waals surface area contributed by atoms with E-state index in [1.807, 2.05) is 0 Å². The van der Waals surface area contributed by atoms with Crippen LogP contribution in [0.5, 0.6) is 0 Å². The minimum atomic E-state index is -0.744. The van der Waals surface area contributed by atoms with Crippen LogP contribution in [0.3, 0.4) is 0 Å². The van der Waals surface area contributed by atoms with Gasteiger partial charge in [-0.3, -0.25) is 4.79 Å². The molecule has 0 aliphatic carbocycles. The maximum Gasteiger partial charge on any atom is 0.322 e. The van der Waals surface area contributed by atoms with Crippen LogP contribution in [-0.2, 0) is 19.0 Å². The lowest BCUT2D eigenvalue weighted by Crippen LogP contribution is -2.45. The van der Waals surface area contributed by atoms with E-state index >= 15 is 0 Å². The lowest BCUT2D eigenvalue weighted by Gasteiger charge is -2.35. The minimum absolute atomic E-state index is 0.319. The molecule has 14 heavy (non-hydrogen) atoms. The highest BCUT2D eigenvalue weighted by atomic mass is 16.7. The van der Waals surface area contributed by atoms with Gasteiger partial charge in [0.15, 0.2) is 5.79 Å². The van der Waals surface area contributed by atoms with Gasteiger partial charge in [0.2, 0.25) is 0 Å². The van der Waals surface area contributed by atoms with Gasteiger partial charge in [0.25, 0.3) is 0 Å². The van der Waals surface area contributed by atoms with Gasteiger partial charge in [0, 0.05) is 6.42 Å². The van der Waals surface area contributed by atoms with E-state index in [1.54, 1.807) is 6.92 Å². The first-order valence-corrected chi connectivity index (χ1v) is 4.69. The van der Waals surface area contributed by atoms with Crippen molar-refractivity contribution in [2.24, 2.45) is 5.73 Å². The fraction of sp³-hybridized carbons (Fsp3) is 0.889. The number of methoxy groups -OCH3 is 1. The molecule has 1 atom stereocenters. The average Bonchev–Trinajstić information content (AvgIpc) is 2.17. The summed E-state index contributed by atoms with van der Waals surface area (Å²) in [4.78, 5) is 11.1. The molecule has 82 valence electrons. The van der Waals surface area contributed by atoms with E-state index < -0.39 is 17.8 Å². The summed E-state index contributed by atoms with van der Waals surface area (Å²) >= 11 is 0. The number of ether oxygens (including phenoxy) is 3. The molecule has 0 amide bonds. The highest BCUT2D eigenvalue weighted by Gasteiger charge is 2.33. The normalized spacial score (nSPS) is 22.8. The van der Waals surface area contributed by atoms with Crippen LogP contribution < -0.4 is 5.73 Å². The van der Waals surface area contributed by atoms with E-state index in [0.29, 0.717) is 19.6 Å². The Labute approximate surface area is 83.5 Å². The van der Waals surface area contributed by atoms with E-state index in [-0.39, 0.29) is 0 Å². The quantitative estimate of drug-likeness (QED) is 0.655. The number of hydrogen-bond acceptors (Lipinski definition) is 5. The molecule has 0 unspecified atom stereocenters. The van der Waals surface area contributed by atoms with Gasteiger partial charge in [0.05, 0.1) is 20.3 Å². The standard InChI is InChI=1S/C9H17NO4/c1-9(13-4-3-5-14-9)6-7(10)8(11)12-2/h7H,3-6,10H2,1-2H3/t7-/m0/s1. The van der Waals surface area contributed by atoms with Crippen molar-refractivity contribution in [2.75, 3.05) is 20.3 Å². The van der Waals surface area contributed by atoms with Crippen LogP contribution in [0.4, 0.5) is 0 Å². The molecule has 0 spiro atoms. The summed E-state index contributed by atoms with van der Waals surface area (Å²) in [6, 6.07) is -0.692. The molecule has 0 aromatic heterocycles. The van der Waals surface area contributed by atoms with Gasteiger partial charge in [0.1, 0.15) is 6.04 Å². The molecule has 0 aromatic rings. The first-order chi connectivity index (χ1) is 6.57. The molecule has 5 heteroatoms. The Morgan fingerprint density at radius 3 is 2.64 bits per heavy atom. The number of carbonyl (C=O) groups excluding carboxylic acids is 1. The summed E-state index contributed by atoms with van der Waals surface area (Å²) in [7, 11) is 1.31. The fourth-order valence-electron chi connectivity index (χ4n) is 1.43. The van der Waals surface area contributed by atoms with Crippen molar-refractivity contribution in [3.63, 3.8) is 0 Å². The third-order valence-corrected chi connectivity index (χ3v) is 2.20. The van der Waals surface area contributed by atoms with Gasteiger partial charge in [-0.2, -0.15) is 0 Å². The Hall–Kier alpha value is -0.650. The molecule has 0 bridgehead atoms. The van der Waals surface area contributed by atoms with Crippen LogP contribution in [0.1, 0.15) is 19.8 Å². The Bertz CT molecular complexity index is 201. The number of hydrogen-bond donors (Lipinski definition) is 1. The molecule has 5 nitrogen and oxygen atoms in total. The van der Waals surface area contributed by atoms with Crippen LogP contribution in [-0.4, -0.2) is 38.1 Å². The molecule has 0 saturated carbocycles. The molecular weight excluding hydrogens is 186 g/mol. The molecule has 1 heterocycles. The summed E-state index contributed by atoms with van der Waals surface area (Å²) in [6.45, 7) is 3.07. The molecule has 1 saturated heterocycles. The Morgan fingerprint density at radius 2 is 2.14 bits per heavy atom. The molecule has 1 aliphatic heterocycles. The summed E-state index contributed by atoms with van der Waals surface area (Å²) in [5.41, 5.74) is 5.61. The van der Waals surface area contributed by atoms with Gasteiger partial charge < -0.3 is 19.9 Å². The van der Waals surface area contributed by atoms with Crippen molar-refractivity contribution >= 4 is 5.97 Å². The minimum Gasteiger partial charge on any atom is -0.468 e. The molecule has 0 radical (unpaired) electrons. The van der Waals surface area contributed by atoms with E-state index in [0.717, 1.165) is 6.42 Å². The van der Waals surface area contributed by atoms with Gasteiger partial charge in [-0.15, -0.1) is 0 Å². The molecule has 1 fully saturated rings. The predicted molar refractivity (Wildman–Crippen MR) is 49.5 cm³/mol. The highest BCUT2D eigenvalue weighted by Crippen LogP contribution is 2.23.